The predicted octanol–water partition coefficient (Wildman–Crippen LogP) is 2.41. The monoisotopic (exact) mass is 181 g/mol. The Morgan fingerprint density at radius 1 is 1.54 bits per heavy atom. The van der Waals surface area contributed by atoms with Gasteiger partial charge in [0.2, 0.25) is 5.91 Å². The van der Waals surface area contributed by atoms with Crippen LogP contribution in [0, 0.1) is 11.8 Å². The zero-order valence-electron chi connectivity index (χ0n) is 7.87. The van der Waals surface area contributed by atoms with Gasteiger partial charge in [-0.15, -0.1) is 0 Å². The van der Waals surface area contributed by atoms with Crippen molar-refractivity contribution in [3.63, 3.8) is 0 Å². The summed E-state index contributed by atoms with van der Waals surface area (Å²) < 4.78 is 0. The first-order chi connectivity index (χ1) is 5.63. The van der Waals surface area contributed by atoms with Crippen molar-refractivity contribution in [3.8, 4) is 0 Å². The van der Waals surface area contributed by atoms with Gasteiger partial charge in [-0.05, 0) is 19.3 Å². The summed E-state index contributed by atoms with van der Waals surface area (Å²) in [5.74, 6) is 1.12. The number of fused-ring (bicyclic) bond motifs is 1. The third-order valence-corrected chi connectivity index (χ3v) is 3.02. The van der Waals surface area contributed by atoms with Gasteiger partial charge in [0, 0.05) is 5.70 Å². The van der Waals surface area contributed by atoms with Crippen LogP contribution in [0.15, 0.2) is 11.8 Å². The van der Waals surface area contributed by atoms with Crippen LogP contribution in [-0.2, 0) is 4.79 Å². The van der Waals surface area contributed by atoms with Crippen molar-refractivity contribution >= 4 is 5.91 Å². The lowest BCUT2D eigenvalue weighted by atomic mass is 9.79. The summed E-state index contributed by atoms with van der Waals surface area (Å²) in [5.41, 5.74) is 1.15. The number of rotatable bonds is 1. The fourth-order valence-corrected chi connectivity index (χ4v) is 2.37. The molecule has 0 unspecified atom stereocenters. The molecule has 1 fully saturated rings. The molecule has 2 nitrogen and oxygen atoms in total. The van der Waals surface area contributed by atoms with Crippen molar-refractivity contribution in [2.24, 2.45) is 11.8 Å². The molecule has 0 aliphatic carbocycles. The zero-order valence-corrected chi connectivity index (χ0v) is 7.87. The van der Waals surface area contributed by atoms with Gasteiger partial charge in [0.25, 0.3) is 0 Å². The van der Waals surface area contributed by atoms with E-state index < -0.39 is 0 Å². The molecule has 0 spiro atoms. The Morgan fingerprint density at radius 3 is 2.69 bits per heavy atom. The number of allylic oxidation sites excluding steroid dienone is 1. The van der Waals surface area contributed by atoms with Crippen molar-refractivity contribution in [3.05, 3.63) is 11.8 Å². The van der Waals surface area contributed by atoms with E-state index in [1.165, 1.54) is 0 Å². The van der Waals surface area contributed by atoms with Gasteiger partial charge in [0.1, 0.15) is 0 Å². The Bertz CT molecular complexity index is 255. The molecule has 0 aromatic heterocycles. The van der Waals surface area contributed by atoms with Crippen molar-refractivity contribution in [2.45, 2.75) is 40.7 Å². The van der Waals surface area contributed by atoms with Gasteiger partial charge >= 0.3 is 0 Å². The Balaban J connectivity index is 0.000000845. The van der Waals surface area contributed by atoms with Crippen LogP contribution in [0.2, 0.25) is 0 Å². The van der Waals surface area contributed by atoms with E-state index in [-0.39, 0.29) is 7.43 Å². The third kappa shape index (κ3) is 1.19. The maximum absolute atomic E-state index is 11.6. The fourth-order valence-electron chi connectivity index (χ4n) is 2.37. The zero-order chi connectivity index (χ0) is 8.88. The van der Waals surface area contributed by atoms with Crippen LogP contribution in [0.25, 0.3) is 0 Å². The first kappa shape index (κ1) is 10.3. The van der Waals surface area contributed by atoms with Crippen LogP contribution in [0.5, 0.6) is 0 Å². The maximum Gasteiger partial charge on any atom is 0.232 e. The second kappa shape index (κ2) is 3.17. The summed E-state index contributed by atoms with van der Waals surface area (Å²) in [5, 5.41) is 0. The minimum absolute atomic E-state index is 0. The summed E-state index contributed by atoms with van der Waals surface area (Å²) in [6, 6.07) is 0.498. The number of amides is 1. The Morgan fingerprint density at radius 2 is 2.15 bits per heavy atom. The second-order valence-electron chi connectivity index (χ2n) is 4.13. The highest BCUT2D eigenvalue weighted by Crippen LogP contribution is 2.41. The van der Waals surface area contributed by atoms with E-state index in [2.05, 4.69) is 19.9 Å². The van der Waals surface area contributed by atoms with Crippen LogP contribution in [0.3, 0.4) is 0 Å². The van der Waals surface area contributed by atoms with E-state index in [1.807, 2.05) is 11.8 Å². The second-order valence-corrected chi connectivity index (χ2v) is 4.13. The largest absolute Gasteiger partial charge is 0.312 e. The quantitative estimate of drug-likeness (QED) is 0.569. The predicted molar refractivity (Wildman–Crippen MR) is 54.1 cm³/mol. The van der Waals surface area contributed by atoms with E-state index in [9.17, 15) is 4.79 Å². The molecule has 2 heterocycles. The van der Waals surface area contributed by atoms with Gasteiger partial charge in [-0.3, -0.25) is 4.79 Å². The minimum Gasteiger partial charge on any atom is -0.312 e. The molecule has 0 N–H and O–H groups in total. The molecule has 2 rings (SSSR count). The molecular formula is C11H19NO. The topological polar surface area (TPSA) is 20.3 Å². The average molecular weight is 181 g/mol. The summed E-state index contributed by atoms with van der Waals surface area (Å²) in [6.07, 6.45) is 3.24. The van der Waals surface area contributed by atoms with Crippen molar-refractivity contribution in [2.75, 3.05) is 0 Å². The lowest BCUT2D eigenvalue weighted by molar-refractivity contribution is -0.153. The molecule has 2 atom stereocenters. The summed E-state index contributed by atoms with van der Waals surface area (Å²) in [4.78, 5) is 13.5. The Labute approximate surface area is 80.6 Å². The van der Waals surface area contributed by atoms with Gasteiger partial charge in [-0.25, -0.2) is 0 Å². The van der Waals surface area contributed by atoms with E-state index in [4.69, 9.17) is 0 Å². The number of carbonyl (C=O) groups excluding carboxylic acids is 1. The molecule has 13 heavy (non-hydrogen) atoms. The van der Waals surface area contributed by atoms with Crippen LogP contribution >= 0.6 is 0 Å². The normalized spacial score (nSPS) is 30.9. The van der Waals surface area contributed by atoms with Gasteiger partial charge < -0.3 is 4.90 Å². The number of carbonyl (C=O) groups is 1. The smallest absolute Gasteiger partial charge is 0.232 e. The molecule has 1 amide bonds. The molecule has 2 aliphatic rings. The highest BCUT2D eigenvalue weighted by atomic mass is 16.2. The third-order valence-electron chi connectivity index (χ3n) is 3.02. The highest BCUT2D eigenvalue weighted by molar-refractivity contribution is 5.88. The van der Waals surface area contributed by atoms with E-state index in [0.717, 1.165) is 12.1 Å². The summed E-state index contributed by atoms with van der Waals surface area (Å²) in [7, 11) is 0. The van der Waals surface area contributed by atoms with Crippen LogP contribution in [0.4, 0.5) is 0 Å². The standard InChI is InChI=1S/C10H15NO.CH4/c1-6(2)9-8-5-4-7(3)11(8)10(9)12;/h4,6,8-9H,5H2,1-3H3;1H4/t8-,9-;/m1./s1. The molecule has 0 saturated carbocycles. The van der Waals surface area contributed by atoms with Gasteiger partial charge in [-0.2, -0.15) is 0 Å². The SMILES string of the molecule is C.CC1=CC[C@@H]2[C@@H](C(C)C)C(=O)N12. The highest BCUT2D eigenvalue weighted by Gasteiger charge is 2.50. The van der Waals surface area contributed by atoms with E-state index in [0.29, 0.717) is 23.8 Å². The Kier molecular flexibility index (Phi) is 2.51. The molecule has 74 valence electrons. The first-order valence-electron chi connectivity index (χ1n) is 4.62. The van der Waals surface area contributed by atoms with E-state index >= 15 is 0 Å². The van der Waals surface area contributed by atoms with Crippen LogP contribution in [0.1, 0.15) is 34.6 Å². The molecular weight excluding hydrogens is 162 g/mol. The molecule has 0 bridgehead atoms. The number of nitrogens with zero attached hydrogens (tertiary/aromatic N) is 1. The summed E-state index contributed by atoms with van der Waals surface area (Å²) in [6.45, 7) is 6.29. The van der Waals surface area contributed by atoms with Crippen molar-refractivity contribution < 1.29 is 4.79 Å². The maximum atomic E-state index is 11.6. The first-order valence-corrected chi connectivity index (χ1v) is 4.62. The lowest BCUT2D eigenvalue weighted by Crippen LogP contribution is -2.59. The number of β-lactam (4-membered cyclic amide) rings is 1. The molecule has 0 aromatic carbocycles. The minimum atomic E-state index is 0. The van der Waals surface area contributed by atoms with Gasteiger partial charge in [0.15, 0.2) is 0 Å². The number of hydrogen-bond acceptors (Lipinski definition) is 1. The molecule has 2 aliphatic heterocycles. The van der Waals surface area contributed by atoms with Crippen LogP contribution in [-0.4, -0.2) is 16.8 Å². The molecule has 0 aromatic rings. The summed E-state index contributed by atoms with van der Waals surface area (Å²) >= 11 is 0. The van der Waals surface area contributed by atoms with Crippen LogP contribution < -0.4 is 0 Å². The molecule has 2 heteroatoms. The lowest BCUT2D eigenvalue weighted by Gasteiger charge is -2.45. The van der Waals surface area contributed by atoms with Gasteiger partial charge in [-0.1, -0.05) is 27.4 Å². The van der Waals surface area contributed by atoms with Gasteiger partial charge in [0.05, 0.1) is 12.0 Å². The van der Waals surface area contributed by atoms with E-state index in [1.54, 1.807) is 0 Å². The number of hydrogen-bond donors (Lipinski definition) is 0. The molecule has 1 saturated heterocycles. The Hall–Kier alpha value is -0.790. The fraction of sp³-hybridized carbons (Fsp3) is 0.727. The molecule has 0 radical (unpaired) electrons. The van der Waals surface area contributed by atoms with Crippen molar-refractivity contribution in [1.82, 2.24) is 4.90 Å². The average Bonchev–Trinajstić information content (AvgIpc) is 2.25. The van der Waals surface area contributed by atoms with Crippen molar-refractivity contribution in [1.29, 1.82) is 0 Å².